The van der Waals surface area contributed by atoms with E-state index in [4.69, 9.17) is 0 Å². The van der Waals surface area contributed by atoms with Crippen molar-refractivity contribution in [2.75, 3.05) is 13.6 Å². The number of nitrogens with zero attached hydrogens (tertiary/aromatic N) is 3. The van der Waals surface area contributed by atoms with Crippen molar-refractivity contribution < 1.29 is 4.79 Å². The molecule has 6 heteroatoms. The average molecular weight is 304 g/mol. The van der Waals surface area contributed by atoms with E-state index in [-0.39, 0.29) is 11.9 Å². The second-order valence-corrected chi connectivity index (χ2v) is 6.85. The standard InChI is InChI=1S/C15H20N4OS/c1-11-3-4-14(21-11)10-18-8-12-5-6-17-19(12)13(9-18)7-15(20)16-2/h3-6,13H,7-10H2,1-2H3,(H,16,20)/t13-/m1/s1. The molecule has 0 saturated heterocycles. The summed E-state index contributed by atoms with van der Waals surface area (Å²) in [7, 11) is 1.68. The van der Waals surface area contributed by atoms with Crippen LogP contribution in [0.4, 0.5) is 0 Å². The van der Waals surface area contributed by atoms with Crippen LogP contribution in [0.25, 0.3) is 0 Å². The van der Waals surface area contributed by atoms with E-state index in [2.05, 4.69) is 34.4 Å². The molecule has 2 aromatic heterocycles. The van der Waals surface area contributed by atoms with Crippen LogP contribution in [-0.2, 0) is 17.9 Å². The average Bonchev–Trinajstić information content (AvgIpc) is 3.07. The van der Waals surface area contributed by atoms with Crippen LogP contribution < -0.4 is 5.32 Å². The van der Waals surface area contributed by atoms with Crippen molar-refractivity contribution in [3.8, 4) is 0 Å². The topological polar surface area (TPSA) is 50.2 Å². The van der Waals surface area contributed by atoms with E-state index in [1.54, 1.807) is 7.05 Å². The Balaban J connectivity index is 1.75. The van der Waals surface area contributed by atoms with Crippen LogP contribution in [0.15, 0.2) is 24.4 Å². The lowest BCUT2D eigenvalue weighted by atomic mass is 10.1. The number of hydrogen-bond acceptors (Lipinski definition) is 4. The summed E-state index contributed by atoms with van der Waals surface area (Å²) in [4.78, 5) is 16.8. The molecule has 0 bridgehead atoms. The van der Waals surface area contributed by atoms with Crippen LogP contribution in [0.3, 0.4) is 0 Å². The highest BCUT2D eigenvalue weighted by Gasteiger charge is 2.27. The number of fused-ring (bicyclic) bond motifs is 1. The van der Waals surface area contributed by atoms with Gasteiger partial charge in [-0.25, -0.2) is 0 Å². The summed E-state index contributed by atoms with van der Waals surface area (Å²) in [6.45, 7) is 4.82. The van der Waals surface area contributed by atoms with E-state index >= 15 is 0 Å². The zero-order valence-electron chi connectivity index (χ0n) is 12.4. The molecule has 112 valence electrons. The Bertz CT molecular complexity index is 633. The first-order valence-corrected chi connectivity index (χ1v) is 7.98. The molecule has 3 heterocycles. The van der Waals surface area contributed by atoms with Gasteiger partial charge in [0.05, 0.1) is 18.2 Å². The highest BCUT2D eigenvalue weighted by atomic mass is 32.1. The lowest BCUT2D eigenvalue weighted by molar-refractivity contribution is -0.121. The lowest BCUT2D eigenvalue weighted by Gasteiger charge is -2.33. The predicted molar refractivity (Wildman–Crippen MR) is 83.1 cm³/mol. The molecule has 0 radical (unpaired) electrons. The van der Waals surface area contributed by atoms with Gasteiger partial charge in [0.15, 0.2) is 0 Å². The molecule has 0 fully saturated rings. The molecule has 0 saturated carbocycles. The van der Waals surface area contributed by atoms with Gasteiger partial charge in [0, 0.05) is 42.6 Å². The molecular formula is C15H20N4OS. The molecule has 0 spiro atoms. The Kier molecular flexibility index (Phi) is 4.07. The normalized spacial score (nSPS) is 18.5. The minimum absolute atomic E-state index is 0.0651. The zero-order valence-corrected chi connectivity index (χ0v) is 13.2. The SMILES string of the molecule is CNC(=O)C[C@@H]1CN(Cc2ccc(C)s2)Cc2ccnn21. The Morgan fingerprint density at radius 1 is 1.48 bits per heavy atom. The van der Waals surface area contributed by atoms with Crippen LogP contribution in [-0.4, -0.2) is 34.2 Å². The summed E-state index contributed by atoms with van der Waals surface area (Å²) in [5.41, 5.74) is 1.18. The fourth-order valence-corrected chi connectivity index (χ4v) is 3.78. The number of rotatable bonds is 4. The van der Waals surface area contributed by atoms with Gasteiger partial charge in [-0.2, -0.15) is 5.10 Å². The first-order chi connectivity index (χ1) is 10.2. The summed E-state index contributed by atoms with van der Waals surface area (Å²) >= 11 is 1.84. The minimum Gasteiger partial charge on any atom is -0.359 e. The number of aromatic nitrogens is 2. The van der Waals surface area contributed by atoms with Crippen molar-refractivity contribution in [1.82, 2.24) is 20.0 Å². The third-order valence-corrected chi connectivity index (χ3v) is 4.81. The van der Waals surface area contributed by atoms with Gasteiger partial charge in [0.2, 0.25) is 5.91 Å². The van der Waals surface area contributed by atoms with Crippen LogP contribution in [0.1, 0.15) is 27.9 Å². The molecule has 2 aromatic rings. The van der Waals surface area contributed by atoms with Crippen molar-refractivity contribution in [3.63, 3.8) is 0 Å². The first kappa shape index (κ1) is 14.3. The van der Waals surface area contributed by atoms with Gasteiger partial charge in [0.1, 0.15) is 0 Å². The summed E-state index contributed by atoms with van der Waals surface area (Å²) in [5.74, 6) is 0.0651. The third-order valence-electron chi connectivity index (χ3n) is 3.83. The number of carbonyl (C=O) groups excluding carboxylic acids is 1. The molecule has 21 heavy (non-hydrogen) atoms. The maximum Gasteiger partial charge on any atom is 0.221 e. The first-order valence-electron chi connectivity index (χ1n) is 7.16. The van der Waals surface area contributed by atoms with Gasteiger partial charge in [0.25, 0.3) is 0 Å². The number of thiophene rings is 1. The Labute approximate surface area is 128 Å². The molecule has 0 aromatic carbocycles. The number of hydrogen-bond donors (Lipinski definition) is 1. The number of amides is 1. The van der Waals surface area contributed by atoms with Crippen molar-refractivity contribution in [2.45, 2.75) is 32.5 Å². The molecule has 1 atom stereocenters. The van der Waals surface area contributed by atoms with E-state index in [0.29, 0.717) is 6.42 Å². The molecule has 0 aliphatic carbocycles. The van der Waals surface area contributed by atoms with Crippen LogP contribution in [0, 0.1) is 6.92 Å². The third kappa shape index (κ3) is 3.16. The molecule has 1 aliphatic heterocycles. The second-order valence-electron chi connectivity index (χ2n) is 5.48. The van der Waals surface area contributed by atoms with E-state index in [9.17, 15) is 4.79 Å². The van der Waals surface area contributed by atoms with E-state index in [1.165, 1.54) is 15.4 Å². The monoisotopic (exact) mass is 304 g/mol. The van der Waals surface area contributed by atoms with Gasteiger partial charge >= 0.3 is 0 Å². The Hall–Kier alpha value is -1.66. The fraction of sp³-hybridized carbons (Fsp3) is 0.467. The Morgan fingerprint density at radius 2 is 2.33 bits per heavy atom. The van der Waals surface area contributed by atoms with Crippen molar-refractivity contribution in [3.05, 3.63) is 39.8 Å². The highest BCUT2D eigenvalue weighted by molar-refractivity contribution is 7.11. The molecule has 1 aliphatic rings. The molecule has 3 rings (SSSR count). The summed E-state index contributed by atoms with van der Waals surface area (Å²) < 4.78 is 2.01. The number of carbonyl (C=O) groups is 1. The molecule has 1 amide bonds. The number of aryl methyl sites for hydroxylation is 1. The molecule has 5 nitrogen and oxygen atoms in total. The largest absolute Gasteiger partial charge is 0.359 e. The van der Waals surface area contributed by atoms with E-state index < -0.39 is 0 Å². The van der Waals surface area contributed by atoms with Crippen LogP contribution in [0.5, 0.6) is 0 Å². The summed E-state index contributed by atoms with van der Waals surface area (Å²) in [6.07, 6.45) is 2.30. The molecule has 1 N–H and O–H groups in total. The zero-order chi connectivity index (χ0) is 14.8. The summed E-state index contributed by atoms with van der Waals surface area (Å²) in [6, 6.07) is 6.52. The van der Waals surface area contributed by atoms with Crippen molar-refractivity contribution >= 4 is 17.2 Å². The van der Waals surface area contributed by atoms with Gasteiger partial charge < -0.3 is 5.32 Å². The van der Waals surface area contributed by atoms with E-state index in [0.717, 1.165) is 19.6 Å². The molecule has 0 unspecified atom stereocenters. The maximum atomic E-state index is 11.7. The van der Waals surface area contributed by atoms with E-state index in [1.807, 2.05) is 28.3 Å². The predicted octanol–water partition coefficient (Wildman–Crippen LogP) is 1.95. The van der Waals surface area contributed by atoms with Crippen LogP contribution >= 0.6 is 11.3 Å². The van der Waals surface area contributed by atoms with Gasteiger partial charge in [-0.3, -0.25) is 14.4 Å². The quantitative estimate of drug-likeness (QED) is 0.939. The van der Waals surface area contributed by atoms with Gasteiger partial charge in [-0.05, 0) is 25.1 Å². The maximum absolute atomic E-state index is 11.7. The number of nitrogens with one attached hydrogen (secondary N) is 1. The van der Waals surface area contributed by atoms with Crippen molar-refractivity contribution in [2.24, 2.45) is 0 Å². The van der Waals surface area contributed by atoms with Crippen molar-refractivity contribution in [1.29, 1.82) is 0 Å². The highest BCUT2D eigenvalue weighted by Crippen LogP contribution is 2.26. The second kappa shape index (κ2) is 5.99. The fourth-order valence-electron chi connectivity index (χ4n) is 2.84. The Morgan fingerprint density at radius 3 is 3.05 bits per heavy atom. The smallest absolute Gasteiger partial charge is 0.221 e. The van der Waals surface area contributed by atoms with Gasteiger partial charge in [-0.15, -0.1) is 11.3 Å². The molecular weight excluding hydrogens is 284 g/mol. The summed E-state index contributed by atoms with van der Waals surface area (Å²) in [5, 5.41) is 7.09. The van der Waals surface area contributed by atoms with Crippen LogP contribution in [0.2, 0.25) is 0 Å². The lowest BCUT2D eigenvalue weighted by Crippen LogP contribution is -2.39. The van der Waals surface area contributed by atoms with Gasteiger partial charge in [-0.1, -0.05) is 0 Å². The minimum atomic E-state index is 0.0651.